The van der Waals surface area contributed by atoms with E-state index in [9.17, 15) is 0 Å². The van der Waals surface area contributed by atoms with Crippen molar-refractivity contribution in [3.8, 4) is 11.1 Å². The topological polar surface area (TPSA) is 19.0 Å². The summed E-state index contributed by atoms with van der Waals surface area (Å²) in [7, 11) is 0. The molecule has 0 amide bonds. The molecular weight excluding hydrogens is 821 g/mol. The Morgan fingerprint density at radius 2 is 0.721 bits per heavy atom. The second-order valence-corrected chi connectivity index (χ2v) is 21.0. The van der Waals surface area contributed by atoms with Crippen LogP contribution in [-0.2, 0) is 10.8 Å². The molecule has 326 valence electrons. The van der Waals surface area contributed by atoms with Crippen molar-refractivity contribution >= 4 is 114 Å². The molecule has 2 nitrogen and oxygen atoms in total. The Bertz CT molecular complexity index is 4000. The summed E-state index contributed by atoms with van der Waals surface area (Å²) < 4.78 is 0. The molecule has 1 aromatic heterocycles. The largest absolute Gasteiger partial charge is 0.354 e. The van der Waals surface area contributed by atoms with Gasteiger partial charge in [-0.2, -0.15) is 0 Å². The highest BCUT2D eigenvalue weighted by Gasteiger charge is 2.24. The van der Waals surface area contributed by atoms with Crippen LogP contribution in [0, 0.1) is 0 Å². The van der Waals surface area contributed by atoms with Crippen molar-refractivity contribution in [2.45, 2.75) is 52.4 Å². The van der Waals surface area contributed by atoms with Crippen LogP contribution in [-0.4, -0.2) is 4.98 Å². The standard InChI is InChI=1S/C66H52N2/c1-65(2,3)41-27-32-63-60(34-41)62-36-42(66(4,5)6)35-61(64(62)67-63)57-39-45(33-40-17-7-8-18-46(40)57)68(43-28-30-55-51-23-11-9-19-47(51)49-21-13-15-25-53(49)58(55)37-43)44-29-31-56-52-24-12-10-20-48(52)50-22-14-16-26-54(50)59(56)38-44/h7-39,67H,1-6H3. The van der Waals surface area contributed by atoms with E-state index in [4.69, 9.17) is 0 Å². The third-order valence-corrected chi connectivity index (χ3v) is 14.8. The number of benzene rings is 12. The van der Waals surface area contributed by atoms with Gasteiger partial charge in [0, 0.05) is 38.9 Å². The van der Waals surface area contributed by atoms with Gasteiger partial charge in [-0.15, -0.1) is 0 Å². The predicted octanol–water partition coefficient (Wildman–Crippen LogP) is 19.1. The van der Waals surface area contributed by atoms with E-state index in [0.29, 0.717) is 0 Å². The number of hydrogen-bond acceptors (Lipinski definition) is 1. The molecule has 0 unspecified atom stereocenters. The van der Waals surface area contributed by atoms with Crippen LogP contribution < -0.4 is 4.90 Å². The molecule has 13 rings (SSSR count). The van der Waals surface area contributed by atoms with Crippen LogP contribution in [0.1, 0.15) is 52.7 Å². The van der Waals surface area contributed by atoms with Crippen LogP contribution in [0.3, 0.4) is 0 Å². The van der Waals surface area contributed by atoms with E-state index in [2.05, 4.69) is 252 Å². The molecule has 13 aromatic rings. The first-order chi connectivity index (χ1) is 33.0. The van der Waals surface area contributed by atoms with Crippen molar-refractivity contribution in [3.63, 3.8) is 0 Å². The van der Waals surface area contributed by atoms with Gasteiger partial charge in [0.05, 0.1) is 5.52 Å². The van der Waals surface area contributed by atoms with Crippen LogP contribution in [0.4, 0.5) is 17.1 Å². The number of H-pyrrole nitrogens is 1. The number of nitrogens with zero attached hydrogens (tertiary/aromatic N) is 1. The molecule has 0 aliphatic rings. The molecular formula is C66H52N2. The lowest BCUT2D eigenvalue weighted by Crippen LogP contribution is -2.12. The van der Waals surface area contributed by atoms with Crippen molar-refractivity contribution in [2.75, 3.05) is 4.90 Å². The number of aromatic nitrogens is 1. The van der Waals surface area contributed by atoms with Gasteiger partial charge in [-0.05, 0) is 164 Å². The summed E-state index contributed by atoms with van der Waals surface area (Å²) >= 11 is 0. The molecule has 0 atom stereocenters. The van der Waals surface area contributed by atoms with Gasteiger partial charge < -0.3 is 9.88 Å². The molecule has 2 heteroatoms. The van der Waals surface area contributed by atoms with Gasteiger partial charge in [0.25, 0.3) is 0 Å². The lowest BCUT2D eigenvalue weighted by atomic mass is 9.83. The van der Waals surface area contributed by atoms with Gasteiger partial charge in [0.1, 0.15) is 0 Å². The highest BCUT2D eigenvalue weighted by molar-refractivity contribution is 6.27. The lowest BCUT2D eigenvalue weighted by molar-refractivity contribution is 0.590. The first-order valence-corrected chi connectivity index (χ1v) is 24.1. The fourth-order valence-corrected chi connectivity index (χ4v) is 11.3. The van der Waals surface area contributed by atoms with Crippen LogP contribution >= 0.6 is 0 Å². The van der Waals surface area contributed by atoms with Gasteiger partial charge >= 0.3 is 0 Å². The predicted molar refractivity (Wildman–Crippen MR) is 296 cm³/mol. The van der Waals surface area contributed by atoms with Gasteiger partial charge in [0.2, 0.25) is 0 Å². The number of aromatic amines is 1. The summed E-state index contributed by atoms with van der Waals surface area (Å²) in [6.07, 6.45) is 0. The van der Waals surface area contributed by atoms with Crippen LogP contribution in [0.25, 0.3) is 108 Å². The first kappa shape index (κ1) is 40.3. The van der Waals surface area contributed by atoms with E-state index < -0.39 is 0 Å². The van der Waals surface area contributed by atoms with Gasteiger partial charge in [-0.1, -0.05) is 181 Å². The molecule has 0 saturated carbocycles. The van der Waals surface area contributed by atoms with Crippen LogP contribution in [0.2, 0.25) is 0 Å². The minimum atomic E-state index is -0.0797. The summed E-state index contributed by atoms with van der Waals surface area (Å²) in [4.78, 5) is 6.48. The second-order valence-electron chi connectivity index (χ2n) is 21.0. The molecule has 1 heterocycles. The molecule has 0 spiro atoms. The molecule has 0 fully saturated rings. The Balaban J connectivity index is 1.13. The van der Waals surface area contributed by atoms with Crippen molar-refractivity contribution in [2.24, 2.45) is 0 Å². The Hall–Kier alpha value is -7.94. The SMILES string of the molecule is CC(C)(C)c1ccc2[nH]c3c(-c4cc(N(c5ccc6c7ccccc7c7ccccc7c6c5)c5ccc6c7ccccc7c7ccccc7c6c5)cc5ccccc45)cc(C(C)(C)C)cc3c2c1. The quantitative estimate of drug-likeness (QED) is 0.175. The van der Waals surface area contributed by atoms with E-state index in [1.807, 2.05) is 0 Å². The van der Waals surface area contributed by atoms with Gasteiger partial charge in [-0.3, -0.25) is 0 Å². The van der Waals surface area contributed by atoms with E-state index in [0.717, 1.165) is 22.6 Å². The summed E-state index contributed by atoms with van der Waals surface area (Å²) in [5.41, 5.74) is 10.7. The number of rotatable bonds is 4. The molecule has 68 heavy (non-hydrogen) atoms. The lowest BCUT2D eigenvalue weighted by Gasteiger charge is -2.28. The number of hydrogen-bond donors (Lipinski definition) is 1. The van der Waals surface area contributed by atoms with Gasteiger partial charge in [0.15, 0.2) is 0 Å². The Morgan fingerprint density at radius 1 is 0.294 bits per heavy atom. The first-order valence-electron chi connectivity index (χ1n) is 24.1. The molecule has 0 saturated heterocycles. The summed E-state index contributed by atoms with van der Waals surface area (Å²) in [5, 5.41) is 20.1. The molecule has 0 bridgehead atoms. The summed E-state index contributed by atoms with van der Waals surface area (Å²) in [6, 6.07) is 75.5. The fourth-order valence-electron chi connectivity index (χ4n) is 11.3. The van der Waals surface area contributed by atoms with Gasteiger partial charge in [-0.25, -0.2) is 0 Å². The van der Waals surface area contributed by atoms with E-state index >= 15 is 0 Å². The fraction of sp³-hybridized carbons (Fsp3) is 0.121. The van der Waals surface area contributed by atoms with Crippen LogP contribution in [0.5, 0.6) is 0 Å². The third kappa shape index (κ3) is 6.24. The maximum absolute atomic E-state index is 3.97. The maximum Gasteiger partial charge on any atom is 0.0544 e. The molecule has 0 aliphatic carbocycles. The minimum Gasteiger partial charge on any atom is -0.354 e. The smallest absolute Gasteiger partial charge is 0.0544 e. The third-order valence-electron chi connectivity index (χ3n) is 14.8. The van der Waals surface area contributed by atoms with E-state index in [-0.39, 0.29) is 10.8 Å². The summed E-state index contributed by atoms with van der Waals surface area (Å²) in [6.45, 7) is 13.9. The molecule has 0 radical (unpaired) electrons. The molecule has 12 aromatic carbocycles. The Kier molecular flexibility index (Phi) is 8.77. The average Bonchev–Trinajstić information content (AvgIpc) is 3.74. The van der Waals surface area contributed by atoms with Crippen molar-refractivity contribution < 1.29 is 0 Å². The van der Waals surface area contributed by atoms with Crippen molar-refractivity contribution in [3.05, 3.63) is 211 Å². The highest BCUT2D eigenvalue weighted by atomic mass is 15.1. The number of anilines is 3. The second kappa shape index (κ2) is 14.8. The number of fused-ring (bicyclic) bond motifs is 16. The normalized spacial score (nSPS) is 12.6. The van der Waals surface area contributed by atoms with E-state index in [1.165, 1.54) is 114 Å². The molecule has 1 N–H and O–H groups in total. The zero-order chi connectivity index (χ0) is 46.1. The van der Waals surface area contributed by atoms with Crippen LogP contribution in [0.15, 0.2) is 200 Å². The Labute approximate surface area is 397 Å². The summed E-state index contributed by atoms with van der Waals surface area (Å²) in [5.74, 6) is 0. The van der Waals surface area contributed by atoms with Crippen molar-refractivity contribution in [1.29, 1.82) is 0 Å². The minimum absolute atomic E-state index is 0.0283. The highest BCUT2D eigenvalue weighted by Crippen LogP contribution is 2.47. The van der Waals surface area contributed by atoms with E-state index in [1.54, 1.807) is 0 Å². The maximum atomic E-state index is 3.97. The average molecular weight is 873 g/mol. The zero-order valence-corrected chi connectivity index (χ0v) is 39.5. The van der Waals surface area contributed by atoms with Crippen molar-refractivity contribution in [1.82, 2.24) is 4.98 Å². The zero-order valence-electron chi connectivity index (χ0n) is 39.5. The molecule has 0 aliphatic heterocycles. The monoisotopic (exact) mass is 872 g/mol. The number of nitrogens with one attached hydrogen (secondary N) is 1. The Morgan fingerprint density at radius 3 is 1.21 bits per heavy atom.